The molecule has 1 aromatic carbocycles. The molecule has 0 spiro atoms. The quantitative estimate of drug-likeness (QED) is 0.888. The van der Waals surface area contributed by atoms with Crippen LogP contribution in [0.15, 0.2) is 24.3 Å². The van der Waals surface area contributed by atoms with Crippen molar-refractivity contribution in [2.24, 2.45) is 0 Å². The lowest BCUT2D eigenvalue weighted by Gasteiger charge is -2.34. The molecule has 0 fully saturated rings. The summed E-state index contributed by atoms with van der Waals surface area (Å²) in [6, 6.07) is 5.69. The van der Waals surface area contributed by atoms with Gasteiger partial charge >= 0.3 is 5.97 Å². The van der Waals surface area contributed by atoms with Crippen molar-refractivity contribution >= 4 is 11.9 Å². The minimum Gasteiger partial charge on any atom is -0.481 e. The number of halogens is 1. The monoisotopic (exact) mass is 267 g/mol. The first-order valence-corrected chi connectivity index (χ1v) is 5.95. The Morgan fingerprint density at radius 2 is 1.79 bits per heavy atom. The number of nitrogens with zero attached hydrogens (tertiary/aromatic N) is 1. The highest BCUT2D eigenvalue weighted by atomic mass is 19.1. The zero-order valence-electron chi connectivity index (χ0n) is 11.3. The Labute approximate surface area is 111 Å². The molecule has 0 saturated carbocycles. The van der Waals surface area contributed by atoms with E-state index in [-0.39, 0.29) is 24.6 Å². The number of carbonyl (C=O) groups excluding carboxylic acids is 1. The Hall–Kier alpha value is -1.91. The molecule has 0 radical (unpaired) electrons. The Morgan fingerprint density at radius 1 is 1.26 bits per heavy atom. The molecule has 5 heteroatoms. The second kappa shape index (κ2) is 5.82. The molecule has 0 aliphatic rings. The first-order chi connectivity index (χ1) is 8.72. The smallest absolute Gasteiger partial charge is 0.305 e. The SMILES string of the molecule is CN(C(=O)Cc1ccc(F)cc1)C(C)(C)CC(=O)O. The van der Waals surface area contributed by atoms with E-state index in [1.807, 2.05) is 0 Å². The summed E-state index contributed by atoms with van der Waals surface area (Å²) in [5.74, 6) is -1.50. The number of carboxylic acids is 1. The summed E-state index contributed by atoms with van der Waals surface area (Å²) in [7, 11) is 1.58. The summed E-state index contributed by atoms with van der Waals surface area (Å²) in [6.45, 7) is 3.40. The fourth-order valence-corrected chi connectivity index (χ4v) is 1.72. The molecule has 4 nitrogen and oxygen atoms in total. The summed E-state index contributed by atoms with van der Waals surface area (Å²) >= 11 is 0. The number of likely N-dealkylation sites (N-methyl/N-ethyl adjacent to an activating group) is 1. The van der Waals surface area contributed by atoms with Crippen LogP contribution < -0.4 is 0 Å². The van der Waals surface area contributed by atoms with Crippen molar-refractivity contribution in [2.75, 3.05) is 7.05 Å². The van der Waals surface area contributed by atoms with Gasteiger partial charge in [0.2, 0.25) is 5.91 Å². The summed E-state index contributed by atoms with van der Waals surface area (Å²) in [5, 5.41) is 8.82. The number of benzene rings is 1. The van der Waals surface area contributed by atoms with Crippen LogP contribution in [-0.4, -0.2) is 34.5 Å². The van der Waals surface area contributed by atoms with Crippen molar-refractivity contribution in [1.29, 1.82) is 0 Å². The predicted octanol–water partition coefficient (Wildman–Crippen LogP) is 2.08. The molecule has 0 unspecified atom stereocenters. The van der Waals surface area contributed by atoms with E-state index in [0.29, 0.717) is 5.56 Å². The minimum absolute atomic E-state index is 0.125. The first-order valence-electron chi connectivity index (χ1n) is 5.95. The van der Waals surface area contributed by atoms with Gasteiger partial charge in [0.25, 0.3) is 0 Å². The summed E-state index contributed by atoms with van der Waals surface area (Å²) < 4.78 is 12.8. The van der Waals surface area contributed by atoms with E-state index >= 15 is 0 Å². The maximum Gasteiger partial charge on any atom is 0.305 e. The molecule has 19 heavy (non-hydrogen) atoms. The maximum absolute atomic E-state index is 12.8. The van der Waals surface area contributed by atoms with Crippen LogP contribution in [0.4, 0.5) is 4.39 Å². The Kier molecular flexibility index (Phi) is 4.64. The van der Waals surface area contributed by atoms with Gasteiger partial charge in [-0.25, -0.2) is 4.39 Å². The second-order valence-corrected chi connectivity index (χ2v) is 5.14. The molecule has 1 N–H and O–H groups in total. The molecule has 0 aliphatic heterocycles. The lowest BCUT2D eigenvalue weighted by molar-refractivity contribution is -0.142. The van der Waals surface area contributed by atoms with Crippen molar-refractivity contribution in [3.8, 4) is 0 Å². The highest BCUT2D eigenvalue weighted by Crippen LogP contribution is 2.18. The zero-order valence-corrected chi connectivity index (χ0v) is 11.3. The molecule has 0 atom stereocenters. The molecule has 0 saturated heterocycles. The van der Waals surface area contributed by atoms with Crippen LogP contribution in [0.25, 0.3) is 0 Å². The number of aliphatic carboxylic acids is 1. The summed E-state index contributed by atoms with van der Waals surface area (Å²) in [5.41, 5.74) is -0.0625. The predicted molar refractivity (Wildman–Crippen MR) is 69.2 cm³/mol. The number of hydrogen-bond acceptors (Lipinski definition) is 2. The largest absolute Gasteiger partial charge is 0.481 e. The molecule has 0 heterocycles. The molecule has 0 aliphatic carbocycles. The van der Waals surface area contributed by atoms with Crippen molar-refractivity contribution in [2.45, 2.75) is 32.2 Å². The van der Waals surface area contributed by atoms with Gasteiger partial charge in [0.15, 0.2) is 0 Å². The van der Waals surface area contributed by atoms with Crippen molar-refractivity contribution in [3.63, 3.8) is 0 Å². The zero-order chi connectivity index (χ0) is 14.6. The molecule has 0 aromatic heterocycles. The topological polar surface area (TPSA) is 57.6 Å². The van der Waals surface area contributed by atoms with Gasteiger partial charge in [-0.1, -0.05) is 12.1 Å². The van der Waals surface area contributed by atoms with Gasteiger partial charge in [-0.05, 0) is 31.5 Å². The third kappa shape index (κ3) is 4.35. The molecule has 1 amide bonds. The molecule has 1 rings (SSSR count). The van der Waals surface area contributed by atoms with Crippen molar-refractivity contribution in [3.05, 3.63) is 35.6 Å². The Morgan fingerprint density at radius 3 is 2.26 bits per heavy atom. The highest BCUT2D eigenvalue weighted by Gasteiger charge is 2.29. The van der Waals surface area contributed by atoms with E-state index < -0.39 is 11.5 Å². The van der Waals surface area contributed by atoms with Crippen molar-refractivity contribution in [1.82, 2.24) is 4.90 Å². The van der Waals surface area contributed by atoms with E-state index in [4.69, 9.17) is 5.11 Å². The molecular formula is C14H18FNO3. The van der Waals surface area contributed by atoms with Gasteiger partial charge in [0, 0.05) is 12.6 Å². The highest BCUT2D eigenvalue weighted by molar-refractivity contribution is 5.80. The van der Waals surface area contributed by atoms with Crippen LogP contribution in [0.5, 0.6) is 0 Å². The molecular weight excluding hydrogens is 249 g/mol. The van der Waals surface area contributed by atoms with Gasteiger partial charge in [-0.15, -0.1) is 0 Å². The molecule has 1 aromatic rings. The molecule has 104 valence electrons. The summed E-state index contributed by atoms with van der Waals surface area (Å²) in [4.78, 5) is 24.2. The lowest BCUT2D eigenvalue weighted by Crippen LogP contribution is -2.47. The average molecular weight is 267 g/mol. The Bertz CT molecular complexity index is 468. The van der Waals surface area contributed by atoms with Crippen LogP contribution in [0.1, 0.15) is 25.8 Å². The summed E-state index contributed by atoms with van der Waals surface area (Å²) in [6.07, 6.45) is -0.00150. The van der Waals surface area contributed by atoms with Crippen molar-refractivity contribution < 1.29 is 19.1 Å². The van der Waals surface area contributed by atoms with Crippen LogP contribution in [0, 0.1) is 5.82 Å². The van der Waals surface area contributed by atoms with Gasteiger partial charge in [0.1, 0.15) is 5.82 Å². The van der Waals surface area contributed by atoms with Crippen LogP contribution in [0.2, 0.25) is 0 Å². The number of rotatable bonds is 5. The van der Waals surface area contributed by atoms with E-state index in [0.717, 1.165) is 0 Å². The maximum atomic E-state index is 12.8. The van der Waals surface area contributed by atoms with E-state index in [1.54, 1.807) is 33.0 Å². The standard InChI is InChI=1S/C14H18FNO3/c1-14(2,9-13(18)19)16(3)12(17)8-10-4-6-11(15)7-5-10/h4-7H,8-9H2,1-3H3,(H,18,19). The third-order valence-corrected chi connectivity index (χ3v) is 3.13. The Balaban J connectivity index is 2.72. The lowest BCUT2D eigenvalue weighted by atomic mass is 9.98. The minimum atomic E-state index is -0.952. The number of hydrogen-bond donors (Lipinski definition) is 1. The number of carbonyl (C=O) groups is 2. The van der Waals surface area contributed by atoms with Crippen LogP contribution in [-0.2, 0) is 16.0 Å². The van der Waals surface area contributed by atoms with Gasteiger partial charge in [-0.2, -0.15) is 0 Å². The van der Waals surface area contributed by atoms with E-state index in [2.05, 4.69) is 0 Å². The van der Waals surface area contributed by atoms with Gasteiger partial charge in [-0.3, -0.25) is 9.59 Å². The van der Waals surface area contributed by atoms with Gasteiger partial charge < -0.3 is 10.0 Å². The van der Waals surface area contributed by atoms with E-state index in [1.165, 1.54) is 17.0 Å². The fraction of sp³-hybridized carbons (Fsp3) is 0.429. The molecule has 0 bridgehead atoms. The van der Waals surface area contributed by atoms with E-state index in [9.17, 15) is 14.0 Å². The second-order valence-electron chi connectivity index (χ2n) is 5.14. The number of carboxylic acid groups (broad SMARTS) is 1. The fourth-order valence-electron chi connectivity index (χ4n) is 1.72. The van der Waals surface area contributed by atoms with Gasteiger partial charge in [0.05, 0.1) is 12.8 Å². The first kappa shape index (κ1) is 15.1. The third-order valence-electron chi connectivity index (χ3n) is 3.13. The van der Waals surface area contributed by atoms with Crippen LogP contribution in [0.3, 0.4) is 0 Å². The normalized spacial score (nSPS) is 11.2. The average Bonchev–Trinajstić information content (AvgIpc) is 2.29. The number of amides is 1. The van der Waals surface area contributed by atoms with Crippen LogP contribution >= 0.6 is 0 Å².